The summed E-state index contributed by atoms with van der Waals surface area (Å²) < 4.78 is 35.7. The average Bonchev–Trinajstić information content (AvgIpc) is 3.50. The number of hydrogen-bond donors (Lipinski definition) is 3. The number of carboxylic acids is 1. The second-order valence-electron chi connectivity index (χ2n) is 11.1. The van der Waals surface area contributed by atoms with Crippen molar-refractivity contribution in [2.24, 2.45) is 0 Å². The maximum Gasteiger partial charge on any atom is 0.322 e. The second kappa shape index (κ2) is 12.6. The first kappa shape index (κ1) is 30.7. The highest BCUT2D eigenvalue weighted by molar-refractivity contribution is 5.96. The molecular formula is C31H32F2N8O5. The molecule has 6 rings (SSSR count). The van der Waals surface area contributed by atoms with Crippen molar-refractivity contribution in [3.63, 3.8) is 0 Å². The van der Waals surface area contributed by atoms with Crippen molar-refractivity contribution in [2.45, 2.75) is 13.0 Å². The van der Waals surface area contributed by atoms with Crippen LogP contribution < -0.4 is 15.4 Å². The predicted molar refractivity (Wildman–Crippen MR) is 163 cm³/mol. The number of methoxy groups -OCH3 is 1. The molecule has 2 aliphatic heterocycles. The molecule has 0 unspecified atom stereocenters. The van der Waals surface area contributed by atoms with Crippen molar-refractivity contribution >= 4 is 35.1 Å². The molecule has 2 fully saturated rings. The largest absolute Gasteiger partial charge is 0.494 e. The number of carbonyl (C=O) groups excluding carboxylic acids is 2. The lowest BCUT2D eigenvalue weighted by molar-refractivity contribution is -0.140. The number of carbonyl (C=O) groups is 3. The molecule has 1 atom stereocenters. The van der Waals surface area contributed by atoms with Crippen molar-refractivity contribution in [1.29, 1.82) is 0 Å². The average molecular weight is 635 g/mol. The van der Waals surface area contributed by atoms with Crippen LogP contribution in [0, 0.1) is 18.6 Å². The summed E-state index contributed by atoms with van der Waals surface area (Å²) in [6.45, 7) is 4.15. The van der Waals surface area contributed by atoms with Gasteiger partial charge in [-0.25, -0.2) is 19.2 Å². The fourth-order valence-corrected chi connectivity index (χ4v) is 5.77. The summed E-state index contributed by atoms with van der Waals surface area (Å²) in [6, 6.07) is 7.04. The van der Waals surface area contributed by atoms with Crippen LogP contribution in [0.3, 0.4) is 0 Å². The summed E-state index contributed by atoms with van der Waals surface area (Å²) in [7, 11) is 1.26. The van der Waals surface area contributed by atoms with Gasteiger partial charge in [0, 0.05) is 75.0 Å². The monoisotopic (exact) mass is 634 g/mol. The lowest BCUT2D eigenvalue weighted by atomic mass is 10.1. The van der Waals surface area contributed by atoms with Gasteiger partial charge in [0.05, 0.1) is 19.0 Å². The molecule has 4 aromatic rings. The number of aliphatic carboxylic acids is 1. The molecule has 13 nitrogen and oxygen atoms in total. The molecule has 0 saturated carbocycles. The topological polar surface area (TPSA) is 145 Å². The summed E-state index contributed by atoms with van der Waals surface area (Å²) in [4.78, 5) is 51.4. The van der Waals surface area contributed by atoms with Crippen molar-refractivity contribution in [1.82, 2.24) is 34.4 Å². The van der Waals surface area contributed by atoms with Crippen molar-refractivity contribution < 1.29 is 33.0 Å². The zero-order valence-corrected chi connectivity index (χ0v) is 25.2. The fraction of sp³-hybridized carbons (Fsp3) is 0.323. The molecule has 2 aromatic heterocycles. The van der Waals surface area contributed by atoms with Gasteiger partial charge in [0.1, 0.15) is 6.04 Å². The van der Waals surface area contributed by atoms with Gasteiger partial charge in [0.15, 0.2) is 23.0 Å². The molecule has 240 valence electrons. The van der Waals surface area contributed by atoms with E-state index >= 15 is 0 Å². The zero-order valence-electron chi connectivity index (χ0n) is 25.2. The first-order chi connectivity index (χ1) is 22.2. The van der Waals surface area contributed by atoms with Gasteiger partial charge in [0.2, 0.25) is 5.82 Å². The van der Waals surface area contributed by atoms with Crippen LogP contribution in [0.4, 0.5) is 25.1 Å². The minimum atomic E-state index is -1.09. The number of anilines is 2. The second-order valence-corrected chi connectivity index (χ2v) is 11.1. The van der Waals surface area contributed by atoms with Crippen LogP contribution in [0.5, 0.6) is 5.75 Å². The molecule has 2 saturated heterocycles. The third-order valence-corrected chi connectivity index (χ3v) is 8.27. The highest BCUT2D eigenvalue weighted by Crippen LogP contribution is 2.31. The Morgan fingerprint density at radius 3 is 2.48 bits per heavy atom. The van der Waals surface area contributed by atoms with Crippen LogP contribution >= 0.6 is 0 Å². The van der Waals surface area contributed by atoms with Gasteiger partial charge in [-0.3, -0.25) is 14.0 Å². The number of aromatic nitrogens is 3. The molecule has 0 radical (unpaired) electrons. The number of imidazole rings is 1. The van der Waals surface area contributed by atoms with Gasteiger partial charge in [-0.1, -0.05) is 0 Å². The number of rotatable bonds is 6. The summed E-state index contributed by atoms with van der Waals surface area (Å²) in [5, 5.41) is 15.4. The number of aryl methyl sites for hydroxylation is 1. The van der Waals surface area contributed by atoms with Crippen LogP contribution in [0.15, 0.2) is 48.9 Å². The van der Waals surface area contributed by atoms with E-state index in [1.54, 1.807) is 37.4 Å². The number of nitrogens with one attached hydrogen (secondary N) is 2. The Morgan fingerprint density at radius 1 is 1.00 bits per heavy atom. The molecule has 0 spiro atoms. The van der Waals surface area contributed by atoms with Gasteiger partial charge in [-0.15, -0.1) is 0 Å². The molecule has 0 aliphatic carbocycles. The highest BCUT2D eigenvalue weighted by atomic mass is 19.2. The summed E-state index contributed by atoms with van der Waals surface area (Å²) in [6.07, 6.45) is 4.55. The SMILES string of the molecule is COc1ccc(-c2cnc3c(Nc4ccc(C(=O)N5CCN(C(=O)N6CCN[C@H](C(=O)O)C6)CC5)c(C)c4)nccn23)c(F)c1F. The van der Waals surface area contributed by atoms with E-state index in [0.717, 1.165) is 5.56 Å². The molecule has 3 N–H and O–H groups in total. The van der Waals surface area contributed by atoms with E-state index in [0.29, 0.717) is 67.7 Å². The van der Waals surface area contributed by atoms with E-state index in [1.165, 1.54) is 31.6 Å². The van der Waals surface area contributed by atoms with E-state index in [9.17, 15) is 28.3 Å². The minimum Gasteiger partial charge on any atom is -0.494 e. The lowest BCUT2D eigenvalue weighted by Crippen LogP contribution is -2.60. The Kier molecular flexibility index (Phi) is 8.41. The van der Waals surface area contributed by atoms with Crippen LogP contribution in [0.2, 0.25) is 0 Å². The van der Waals surface area contributed by atoms with Gasteiger partial charge in [0.25, 0.3) is 5.91 Å². The van der Waals surface area contributed by atoms with Crippen LogP contribution in [0.1, 0.15) is 15.9 Å². The van der Waals surface area contributed by atoms with Gasteiger partial charge in [-0.05, 0) is 42.8 Å². The Balaban J connectivity index is 1.12. The molecule has 15 heteroatoms. The number of ether oxygens (including phenoxy) is 1. The normalized spacial score (nSPS) is 16.9. The number of amides is 3. The number of carboxylic acid groups (broad SMARTS) is 1. The molecule has 3 amide bonds. The van der Waals surface area contributed by atoms with Crippen LogP contribution in [0.25, 0.3) is 16.9 Å². The molecule has 0 bridgehead atoms. The number of benzene rings is 2. The lowest BCUT2D eigenvalue weighted by Gasteiger charge is -2.39. The number of fused-ring (bicyclic) bond motifs is 1. The summed E-state index contributed by atoms with van der Waals surface area (Å²) >= 11 is 0. The van der Waals surface area contributed by atoms with Gasteiger partial charge >= 0.3 is 12.0 Å². The Labute approximate surface area is 262 Å². The maximum absolute atomic E-state index is 14.8. The maximum atomic E-state index is 14.8. The van der Waals surface area contributed by atoms with Crippen molar-refractivity contribution in [3.05, 3.63) is 71.7 Å². The van der Waals surface area contributed by atoms with Gasteiger partial charge in [-0.2, -0.15) is 4.39 Å². The quantitative estimate of drug-likeness (QED) is 0.292. The third-order valence-electron chi connectivity index (χ3n) is 8.27. The zero-order chi connectivity index (χ0) is 32.5. The Hall–Kier alpha value is -5.31. The first-order valence-corrected chi connectivity index (χ1v) is 14.7. The molecule has 2 aromatic carbocycles. The predicted octanol–water partition coefficient (Wildman–Crippen LogP) is 2.97. The Morgan fingerprint density at radius 2 is 1.76 bits per heavy atom. The van der Waals surface area contributed by atoms with E-state index in [4.69, 9.17) is 4.74 Å². The summed E-state index contributed by atoms with van der Waals surface area (Å²) in [5.74, 6) is -3.11. The van der Waals surface area contributed by atoms with E-state index in [2.05, 4.69) is 20.6 Å². The molecule has 4 heterocycles. The number of hydrogen-bond acceptors (Lipinski definition) is 8. The van der Waals surface area contributed by atoms with Crippen molar-refractivity contribution in [2.75, 3.05) is 58.2 Å². The first-order valence-electron chi connectivity index (χ1n) is 14.7. The number of halogens is 2. The van der Waals surface area contributed by atoms with E-state index in [-0.39, 0.29) is 29.8 Å². The Bertz CT molecular complexity index is 1820. The van der Waals surface area contributed by atoms with E-state index in [1.807, 2.05) is 13.0 Å². The minimum absolute atomic E-state index is 0.0162. The highest BCUT2D eigenvalue weighted by Gasteiger charge is 2.32. The molecule has 46 heavy (non-hydrogen) atoms. The molecule has 2 aliphatic rings. The van der Waals surface area contributed by atoms with Crippen LogP contribution in [-0.2, 0) is 4.79 Å². The third kappa shape index (κ3) is 5.76. The summed E-state index contributed by atoms with van der Waals surface area (Å²) in [5.41, 5.74) is 2.62. The number of nitrogens with zero attached hydrogens (tertiary/aromatic N) is 6. The van der Waals surface area contributed by atoms with Crippen LogP contribution in [-0.4, -0.2) is 111 Å². The number of piperazine rings is 2. The number of urea groups is 1. The van der Waals surface area contributed by atoms with Gasteiger partial charge < -0.3 is 35.2 Å². The fourth-order valence-electron chi connectivity index (χ4n) is 5.77. The smallest absolute Gasteiger partial charge is 0.322 e. The molecular weight excluding hydrogens is 602 g/mol. The van der Waals surface area contributed by atoms with E-state index < -0.39 is 23.6 Å². The van der Waals surface area contributed by atoms with Crippen molar-refractivity contribution in [3.8, 4) is 17.0 Å². The standard InChI is InChI=1S/C31H32F2N8O5/c1-18-15-19(37-27-28-36-16-23(41(28)10-8-35-27)21-5-6-24(46-2)26(33)25(21)32)3-4-20(18)29(42)38-11-13-39(14-12-38)31(45)40-9-7-34-22(17-40)30(43)44/h3-6,8,10,15-16,22,34H,7,9,11-14,17H2,1-2H3,(H,35,37)(H,43,44)/t22-/m0/s1.